The third-order valence-corrected chi connectivity index (χ3v) is 6.86. The number of aliphatic hydroxyl groups is 2. The summed E-state index contributed by atoms with van der Waals surface area (Å²) >= 11 is 10.6. The predicted octanol–water partition coefficient (Wildman–Crippen LogP) is 2.86. The summed E-state index contributed by atoms with van der Waals surface area (Å²) < 4.78 is 15.4. The van der Waals surface area contributed by atoms with Gasteiger partial charge in [0.2, 0.25) is 5.69 Å². The molecule has 3 aromatic rings. The van der Waals surface area contributed by atoms with Crippen LogP contribution in [-0.2, 0) is 9.47 Å². The number of hydrogen-bond donors (Lipinski definition) is 2. The smallest absolute Gasteiger partial charge is 0.200 e. The van der Waals surface area contributed by atoms with Crippen molar-refractivity contribution < 1.29 is 19.7 Å². The van der Waals surface area contributed by atoms with Crippen molar-refractivity contribution >= 4 is 45.0 Å². The van der Waals surface area contributed by atoms with Crippen molar-refractivity contribution in [3.8, 4) is 5.82 Å². The topological polar surface area (TPSA) is 112 Å². The van der Waals surface area contributed by atoms with Gasteiger partial charge in [-0.2, -0.15) is 5.10 Å². The molecule has 168 valence electrons. The Kier molecular flexibility index (Phi) is 7.16. The Hall–Kier alpha value is -1.98. The van der Waals surface area contributed by atoms with Gasteiger partial charge in [0.05, 0.1) is 19.4 Å². The number of aromatic nitrogens is 5. The average molecular weight is 542 g/mol. The quantitative estimate of drug-likeness (QED) is 0.458. The summed E-state index contributed by atoms with van der Waals surface area (Å²) in [6.07, 6.45) is 0.555. The summed E-state index contributed by atoms with van der Waals surface area (Å²) in [5.41, 5.74) is -0.189. The molecule has 1 aliphatic heterocycles. The third-order valence-electron chi connectivity index (χ3n) is 4.98. The van der Waals surface area contributed by atoms with E-state index in [1.807, 2.05) is 6.07 Å². The van der Waals surface area contributed by atoms with Crippen LogP contribution in [0.4, 0.5) is 5.69 Å². The van der Waals surface area contributed by atoms with Gasteiger partial charge >= 0.3 is 0 Å². The summed E-state index contributed by atoms with van der Waals surface area (Å²) in [5, 5.41) is 33.4. The molecule has 1 aliphatic rings. The summed E-state index contributed by atoms with van der Waals surface area (Å²) in [6, 6.07) is 6.20. The maximum Gasteiger partial charge on any atom is 0.200 e. The highest BCUT2D eigenvalue weighted by molar-refractivity contribution is 9.10. The van der Waals surface area contributed by atoms with E-state index in [9.17, 15) is 10.2 Å². The minimum atomic E-state index is -1.12. The van der Waals surface area contributed by atoms with Crippen LogP contribution in [0.1, 0.15) is 6.04 Å². The molecule has 1 saturated heterocycles. The van der Waals surface area contributed by atoms with Crippen LogP contribution >= 0.6 is 39.3 Å². The molecule has 0 radical (unpaired) electrons. The number of methoxy groups -OCH3 is 1. The molecule has 2 N–H and O–H groups in total. The predicted molar refractivity (Wildman–Crippen MR) is 120 cm³/mol. The highest BCUT2D eigenvalue weighted by Gasteiger charge is 2.47. The molecule has 4 rings (SSSR count). The maximum atomic E-state index is 10.9. The van der Waals surface area contributed by atoms with Crippen molar-refractivity contribution in [1.29, 1.82) is 0 Å². The van der Waals surface area contributed by atoms with E-state index in [0.29, 0.717) is 21.6 Å². The SMILES string of the molecule is [C-]#[N+]c1ccc(Br)cc1S[C@H]1OC(CO)[C@H](O)[C@H](n2cc(-n3ccc(Cl)n3)nn2)C1OC. The molecular weight excluding hydrogens is 524 g/mol. The van der Waals surface area contributed by atoms with Crippen LogP contribution in [0.5, 0.6) is 0 Å². The van der Waals surface area contributed by atoms with Crippen molar-refractivity contribution in [2.75, 3.05) is 13.7 Å². The second-order valence-electron chi connectivity index (χ2n) is 6.89. The first-order chi connectivity index (χ1) is 15.4. The first-order valence-corrected chi connectivity index (χ1v) is 11.4. The van der Waals surface area contributed by atoms with Crippen LogP contribution in [0, 0.1) is 6.57 Å². The highest BCUT2D eigenvalue weighted by atomic mass is 79.9. The number of nitrogens with zero attached hydrogens (tertiary/aromatic N) is 6. The standard InChI is InChI=1S/C19H18BrClN6O4S/c1-22-11-4-3-10(20)7-13(11)32-19-18(30-2)16(17(29)12(9-28)31-19)27-8-15(23-25-27)26-6-5-14(21)24-26/h3-8,12,16-19,28-29H,9H2,2H3/t12?,16-,17-,18?,19+/m0/s1. The van der Waals surface area contributed by atoms with E-state index in [0.717, 1.165) is 4.47 Å². The van der Waals surface area contributed by atoms with Crippen LogP contribution < -0.4 is 0 Å². The number of aliphatic hydroxyl groups excluding tert-OH is 2. The molecule has 0 amide bonds. The molecular formula is C19H18BrClN6O4S. The van der Waals surface area contributed by atoms with E-state index in [1.165, 1.54) is 28.2 Å². The van der Waals surface area contributed by atoms with Gasteiger partial charge < -0.3 is 19.7 Å². The van der Waals surface area contributed by atoms with Gasteiger partial charge in [-0.15, -0.1) is 16.9 Å². The van der Waals surface area contributed by atoms with E-state index in [-0.39, 0.29) is 0 Å². The van der Waals surface area contributed by atoms with Crippen molar-refractivity contribution in [3.63, 3.8) is 0 Å². The Balaban J connectivity index is 1.68. The maximum absolute atomic E-state index is 10.9. The van der Waals surface area contributed by atoms with Crippen LogP contribution in [0.3, 0.4) is 0 Å². The lowest BCUT2D eigenvalue weighted by molar-refractivity contribution is -0.186. The van der Waals surface area contributed by atoms with Crippen LogP contribution in [0.25, 0.3) is 10.7 Å². The zero-order valence-electron chi connectivity index (χ0n) is 16.6. The second-order valence-corrected chi connectivity index (χ2v) is 9.33. The molecule has 32 heavy (non-hydrogen) atoms. The molecule has 13 heteroatoms. The molecule has 0 bridgehead atoms. The zero-order valence-corrected chi connectivity index (χ0v) is 19.8. The second kappa shape index (κ2) is 9.88. The first kappa shape index (κ1) is 23.2. The van der Waals surface area contributed by atoms with Gasteiger partial charge in [0.15, 0.2) is 11.0 Å². The van der Waals surface area contributed by atoms with E-state index in [4.69, 9.17) is 27.6 Å². The summed E-state index contributed by atoms with van der Waals surface area (Å²) in [4.78, 5) is 4.24. The van der Waals surface area contributed by atoms with E-state index in [2.05, 4.69) is 36.2 Å². The average Bonchev–Trinajstić information content (AvgIpc) is 3.43. The lowest BCUT2D eigenvalue weighted by Gasteiger charge is -2.43. The minimum absolute atomic E-state index is 0.307. The van der Waals surface area contributed by atoms with E-state index < -0.39 is 36.4 Å². The van der Waals surface area contributed by atoms with E-state index >= 15 is 0 Å². The number of benzene rings is 1. The van der Waals surface area contributed by atoms with Crippen LogP contribution in [0.15, 0.2) is 46.0 Å². The molecule has 0 spiro atoms. The van der Waals surface area contributed by atoms with Gasteiger partial charge in [-0.25, -0.2) is 14.2 Å². The van der Waals surface area contributed by atoms with Gasteiger partial charge in [-0.05, 0) is 12.1 Å². The van der Waals surface area contributed by atoms with Crippen molar-refractivity contribution in [1.82, 2.24) is 24.8 Å². The van der Waals surface area contributed by atoms with Gasteiger partial charge in [-0.1, -0.05) is 44.9 Å². The monoisotopic (exact) mass is 540 g/mol. The number of thioether (sulfide) groups is 1. The minimum Gasteiger partial charge on any atom is -0.394 e. The lowest BCUT2D eigenvalue weighted by Crippen LogP contribution is -2.55. The Morgan fingerprint density at radius 1 is 1.41 bits per heavy atom. The largest absolute Gasteiger partial charge is 0.394 e. The van der Waals surface area contributed by atoms with Crippen molar-refractivity contribution in [3.05, 3.63) is 57.7 Å². The summed E-state index contributed by atoms with van der Waals surface area (Å²) in [5.74, 6) is 0.400. The Morgan fingerprint density at radius 3 is 2.88 bits per heavy atom. The normalized spacial score (nSPS) is 25.6. The fourth-order valence-corrected chi connectivity index (χ4v) is 5.39. The van der Waals surface area contributed by atoms with Crippen LogP contribution in [0.2, 0.25) is 5.15 Å². The van der Waals surface area contributed by atoms with Gasteiger partial charge in [-0.3, -0.25) is 0 Å². The molecule has 2 aromatic heterocycles. The van der Waals surface area contributed by atoms with Crippen molar-refractivity contribution in [2.24, 2.45) is 0 Å². The van der Waals surface area contributed by atoms with Crippen molar-refractivity contribution in [2.45, 2.75) is 34.7 Å². The Labute approximate surface area is 201 Å². The lowest BCUT2D eigenvalue weighted by atomic mass is 9.97. The highest BCUT2D eigenvalue weighted by Crippen LogP contribution is 2.42. The molecule has 3 heterocycles. The summed E-state index contributed by atoms with van der Waals surface area (Å²) in [7, 11) is 1.50. The molecule has 2 unspecified atom stereocenters. The van der Waals surface area contributed by atoms with Gasteiger partial charge in [0.1, 0.15) is 29.8 Å². The zero-order chi connectivity index (χ0) is 22.8. The molecule has 0 saturated carbocycles. The third kappa shape index (κ3) is 4.55. The van der Waals surface area contributed by atoms with Gasteiger partial charge in [0.25, 0.3) is 0 Å². The van der Waals surface area contributed by atoms with E-state index in [1.54, 1.807) is 30.6 Å². The van der Waals surface area contributed by atoms with Gasteiger partial charge in [0, 0.05) is 22.7 Å². The Bertz CT molecular complexity index is 1140. The molecule has 1 aromatic carbocycles. The number of halogens is 2. The molecule has 5 atom stereocenters. The Morgan fingerprint density at radius 2 is 2.22 bits per heavy atom. The molecule has 10 nitrogen and oxygen atoms in total. The fraction of sp³-hybridized carbons (Fsp3) is 0.368. The first-order valence-electron chi connectivity index (χ1n) is 9.39. The molecule has 1 fully saturated rings. The molecule has 0 aliphatic carbocycles. The number of rotatable bonds is 6. The fourth-order valence-electron chi connectivity index (χ4n) is 3.46. The number of hydrogen-bond acceptors (Lipinski definition) is 8. The summed E-state index contributed by atoms with van der Waals surface area (Å²) in [6.45, 7) is 7.03. The van der Waals surface area contributed by atoms with Crippen LogP contribution in [-0.4, -0.2) is 72.5 Å². The number of ether oxygens (including phenoxy) is 2.